The highest BCUT2D eigenvalue weighted by atomic mass is 35.5. The fourth-order valence-electron chi connectivity index (χ4n) is 3.48. The molecule has 1 amide bonds. The van der Waals surface area contributed by atoms with Crippen LogP contribution < -0.4 is 14.8 Å². The molecule has 0 saturated heterocycles. The number of nitrogens with one attached hydrogen (secondary N) is 1. The normalized spacial score (nSPS) is 11.6. The van der Waals surface area contributed by atoms with Crippen LogP contribution in [0.5, 0.6) is 11.5 Å². The van der Waals surface area contributed by atoms with Crippen LogP contribution in [0.2, 0.25) is 5.02 Å². The summed E-state index contributed by atoms with van der Waals surface area (Å²) in [6.07, 6.45) is 3.56. The fourth-order valence-corrected chi connectivity index (χ4v) is 3.70. The van der Waals surface area contributed by atoms with Crippen LogP contribution in [0.25, 0.3) is 0 Å². The maximum atomic E-state index is 13.2. The van der Waals surface area contributed by atoms with Gasteiger partial charge in [-0.3, -0.25) is 4.79 Å². The van der Waals surface area contributed by atoms with Gasteiger partial charge in [-0.05, 0) is 53.6 Å². The van der Waals surface area contributed by atoms with Gasteiger partial charge in [0.25, 0.3) is 5.91 Å². The zero-order chi connectivity index (χ0) is 23.2. The predicted molar refractivity (Wildman–Crippen MR) is 128 cm³/mol. The third kappa shape index (κ3) is 5.54. The number of rotatable bonds is 8. The monoisotopic (exact) mass is 461 g/mol. The van der Waals surface area contributed by atoms with E-state index in [1.54, 1.807) is 31.5 Å². The zero-order valence-corrected chi connectivity index (χ0v) is 19.1. The molecule has 7 heteroatoms. The van der Waals surface area contributed by atoms with Gasteiger partial charge in [0, 0.05) is 30.0 Å². The Balaban J connectivity index is 1.53. The molecule has 33 heavy (non-hydrogen) atoms. The van der Waals surface area contributed by atoms with Crippen molar-refractivity contribution >= 4 is 17.5 Å². The molecule has 3 aromatic carbocycles. The number of methoxy groups -OCH3 is 1. The number of amides is 1. The van der Waals surface area contributed by atoms with Gasteiger partial charge in [0.2, 0.25) is 0 Å². The average Bonchev–Trinajstić information content (AvgIpc) is 3.27. The smallest absolute Gasteiger partial charge is 0.252 e. The van der Waals surface area contributed by atoms with Crippen LogP contribution in [0.15, 0.2) is 85.2 Å². The standard InChI is InChI=1S/C26H24ClN3O3/c1-30-14-13-28-25(30)24(19-9-11-22(32-2)12-10-19)29-26(31)20-6-4-8-23(16-20)33-17-18-5-3-7-21(27)15-18/h3-16,24H,17H2,1-2H3,(H,29,31). The molecule has 1 N–H and O–H groups in total. The highest BCUT2D eigenvalue weighted by Gasteiger charge is 2.22. The minimum absolute atomic E-state index is 0.230. The number of benzene rings is 3. The summed E-state index contributed by atoms with van der Waals surface area (Å²) in [4.78, 5) is 17.6. The number of ether oxygens (including phenoxy) is 2. The number of halogens is 1. The van der Waals surface area contributed by atoms with Gasteiger partial charge in [0.1, 0.15) is 30.0 Å². The van der Waals surface area contributed by atoms with Crippen molar-refractivity contribution in [1.29, 1.82) is 0 Å². The van der Waals surface area contributed by atoms with Gasteiger partial charge in [-0.2, -0.15) is 0 Å². The summed E-state index contributed by atoms with van der Waals surface area (Å²) in [6, 6.07) is 21.7. The van der Waals surface area contributed by atoms with Gasteiger partial charge < -0.3 is 19.4 Å². The number of aromatic nitrogens is 2. The summed E-state index contributed by atoms with van der Waals surface area (Å²) in [6.45, 7) is 0.355. The van der Waals surface area contributed by atoms with Crippen LogP contribution in [0.3, 0.4) is 0 Å². The molecule has 1 heterocycles. The quantitative estimate of drug-likeness (QED) is 0.392. The first-order valence-electron chi connectivity index (χ1n) is 10.4. The highest BCUT2D eigenvalue weighted by Crippen LogP contribution is 2.24. The van der Waals surface area contributed by atoms with E-state index >= 15 is 0 Å². The summed E-state index contributed by atoms with van der Waals surface area (Å²) < 4.78 is 13.0. The van der Waals surface area contributed by atoms with Crippen LogP contribution >= 0.6 is 11.6 Å². The number of carbonyl (C=O) groups excluding carboxylic acids is 1. The average molecular weight is 462 g/mol. The molecule has 0 spiro atoms. The third-order valence-electron chi connectivity index (χ3n) is 5.23. The Labute approximate surface area is 197 Å². The molecule has 0 bridgehead atoms. The largest absolute Gasteiger partial charge is 0.497 e. The number of aryl methyl sites for hydroxylation is 1. The van der Waals surface area contributed by atoms with E-state index in [0.29, 0.717) is 22.9 Å². The Morgan fingerprint density at radius 2 is 1.85 bits per heavy atom. The number of hydrogen-bond acceptors (Lipinski definition) is 4. The Morgan fingerprint density at radius 1 is 1.06 bits per heavy atom. The van der Waals surface area contributed by atoms with E-state index in [0.717, 1.165) is 22.7 Å². The summed E-state index contributed by atoms with van der Waals surface area (Å²) >= 11 is 6.04. The molecule has 6 nitrogen and oxygen atoms in total. The summed E-state index contributed by atoms with van der Waals surface area (Å²) in [5.74, 6) is 1.84. The maximum absolute atomic E-state index is 13.2. The lowest BCUT2D eigenvalue weighted by Gasteiger charge is -2.20. The van der Waals surface area contributed by atoms with E-state index in [1.165, 1.54) is 0 Å². The molecule has 0 aliphatic rings. The van der Waals surface area contributed by atoms with Crippen molar-refractivity contribution in [2.45, 2.75) is 12.6 Å². The molecule has 1 aromatic heterocycles. The lowest BCUT2D eigenvalue weighted by molar-refractivity contribution is 0.0940. The first-order valence-corrected chi connectivity index (χ1v) is 10.8. The summed E-state index contributed by atoms with van der Waals surface area (Å²) in [7, 11) is 3.52. The van der Waals surface area contributed by atoms with Crippen molar-refractivity contribution in [2.75, 3.05) is 7.11 Å². The van der Waals surface area contributed by atoms with Crippen LogP contribution in [0.4, 0.5) is 0 Å². The molecule has 0 fully saturated rings. The molecule has 0 saturated carbocycles. The van der Waals surface area contributed by atoms with Gasteiger partial charge in [-0.1, -0.05) is 41.9 Å². The Kier molecular flexibility index (Phi) is 6.95. The van der Waals surface area contributed by atoms with Crippen molar-refractivity contribution in [3.8, 4) is 11.5 Å². The van der Waals surface area contributed by atoms with Crippen molar-refractivity contribution in [2.24, 2.45) is 7.05 Å². The molecule has 168 valence electrons. The van der Waals surface area contributed by atoms with Crippen molar-refractivity contribution in [3.63, 3.8) is 0 Å². The molecule has 4 aromatic rings. The van der Waals surface area contributed by atoms with Crippen LogP contribution in [0, 0.1) is 0 Å². The highest BCUT2D eigenvalue weighted by molar-refractivity contribution is 6.30. The second kappa shape index (κ2) is 10.2. The number of imidazole rings is 1. The lowest BCUT2D eigenvalue weighted by atomic mass is 10.0. The van der Waals surface area contributed by atoms with Crippen LogP contribution in [0.1, 0.15) is 33.4 Å². The Hall–Kier alpha value is -3.77. The topological polar surface area (TPSA) is 65.4 Å². The van der Waals surface area contributed by atoms with Gasteiger partial charge in [0.15, 0.2) is 0 Å². The number of hydrogen-bond donors (Lipinski definition) is 1. The van der Waals surface area contributed by atoms with E-state index in [9.17, 15) is 4.79 Å². The molecular formula is C26H24ClN3O3. The molecule has 1 atom stereocenters. The van der Waals surface area contributed by atoms with Crippen LogP contribution in [-0.2, 0) is 13.7 Å². The molecular weight excluding hydrogens is 438 g/mol. The summed E-state index contributed by atoms with van der Waals surface area (Å²) in [5, 5.41) is 3.76. The SMILES string of the molecule is COc1ccc(C(NC(=O)c2cccc(OCc3cccc(Cl)c3)c2)c2nccn2C)cc1. The molecule has 1 unspecified atom stereocenters. The van der Waals surface area contributed by atoms with E-state index < -0.39 is 6.04 Å². The van der Waals surface area contributed by atoms with Crippen LogP contribution in [-0.4, -0.2) is 22.6 Å². The van der Waals surface area contributed by atoms with E-state index in [4.69, 9.17) is 21.1 Å². The van der Waals surface area contributed by atoms with Crippen molar-refractivity contribution in [1.82, 2.24) is 14.9 Å². The molecule has 0 radical (unpaired) electrons. The second-order valence-electron chi connectivity index (χ2n) is 7.52. The molecule has 0 aliphatic carbocycles. The van der Waals surface area contributed by atoms with Gasteiger partial charge in [-0.15, -0.1) is 0 Å². The lowest BCUT2D eigenvalue weighted by Crippen LogP contribution is -2.31. The first-order chi connectivity index (χ1) is 16.0. The minimum Gasteiger partial charge on any atom is -0.497 e. The Bertz CT molecular complexity index is 1240. The first kappa shape index (κ1) is 22.4. The van der Waals surface area contributed by atoms with Gasteiger partial charge >= 0.3 is 0 Å². The zero-order valence-electron chi connectivity index (χ0n) is 18.4. The van der Waals surface area contributed by atoms with E-state index in [-0.39, 0.29) is 5.91 Å². The predicted octanol–water partition coefficient (Wildman–Crippen LogP) is 5.18. The van der Waals surface area contributed by atoms with Crippen molar-refractivity contribution in [3.05, 3.63) is 113 Å². The fraction of sp³-hybridized carbons (Fsp3) is 0.154. The third-order valence-corrected chi connectivity index (χ3v) is 5.47. The second-order valence-corrected chi connectivity index (χ2v) is 7.96. The van der Waals surface area contributed by atoms with E-state index in [2.05, 4.69) is 10.3 Å². The summed E-state index contributed by atoms with van der Waals surface area (Å²) in [5.41, 5.74) is 2.34. The molecule has 4 rings (SSSR count). The van der Waals surface area contributed by atoms with Gasteiger partial charge in [0.05, 0.1) is 7.11 Å². The molecule has 0 aliphatic heterocycles. The number of carbonyl (C=O) groups is 1. The van der Waals surface area contributed by atoms with E-state index in [1.807, 2.05) is 72.4 Å². The van der Waals surface area contributed by atoms with Crippen molar-refractivity contribution < 1.29 is 14.3 Å². The Morgan fingerprint density at radius 3 is 2.55 bits per heavy atom. The maximum Gasteiger partial charge on any atom is 0.252 e. The van der Waals surface area contributed by atoms with Gasteiger partial charge in [-0.25, -0.2) is 4.98 Å². The minimum atomic E-state index is -0.431. The number of nitrogens with zero attached hydrogens (tertiary/aromatic N) is 2.